The first-order valence-electron chi connectivity index (χ1n) is 17.4. The van der Waals surface area contributed by atoms with Gasteiger partial charge in [-0.25, -0.2) is 0 Å². The first kappa shape index (κ1) is 29.2. The van der Waals surface area contributed by atoms with Crippen LogP contribution in [0.2, 0.25) is 0 Å². The lowest BCUT2D eigenvalue weighted by Crippen LogP contribution is -2.15. The minimum atomic E-state index is -0.0842. The van der Waals surface area contributed by atoms with Gasteiger partial charge in [-0.15, -0.1) is 0 Å². The normalized spacial score (nSPS) is 15.3. The Labute approximate surface area is 285 Å². The van der Waals surface area contributed by atoms with Crippen LogP contribution in [0.5, 0.6) is 0 Å². The van der Waals surface area contributed by atoms with Crippen molar-refractivity contribution in [1.82, 2.24) is 0 Å². The van der Waals surface area contributed by atoms with Gasteiger partial charge in [-0.1, -0.05) is 152 Å². The van der Waals surface area contributed by atoms with Gasteiger partial charge in [0.15, 0.2) is 0 Å². The zero-order valence-electron chi connectivity index (χ0n) is 29.1. The third kappa shape index (κ3) is 3.96. The summed E-state index contributed by atoms with van der Waals surface area (Å²) in [5, 5.41) is 5.30. The maximum Gasteiger partial charge on any atom is 0.0159 e. The average Bonchev–Trinajstić information content (AvgIpc) is 3.44. The largest absolute Gasteiger partial charge is 0.0622 e. The molecule has 0 radical (unpaired) electrons. The molecule has 0 atom stereocenters. The highest BCUT2D eigenvalue weighted by atomic mass is 14.4. The molecule has 0 aromatic heterocycles. The van der Waals surface area contributed by atoms with Gasteiger partial charge in [-0.2, -0.15) is 0 Å². The fraction of sp³-hybridized carbons (Fsp3) is 0.208. The van der Waals surface area contributed by atoms with Crippen LogP contribution >= 0.6 is 0 Å². The van der Waals surface area contributed by atoms with Gasteiger partial charge in [-0.3, -0.25) is 0 Å². The van der Waals surface area contributed by atoms with Gasteiger partial charge in [0.2, 0.25) is 0 Å². The predicted molar refractivity (Wildman–Crippen MR) is 206 cm³/mol. The summed E-state index contributed by atoms with van der Waals surface area (Å²) >= 11 is 0. The monoisotopic (exact) mass is 618 g/mol. The molecule has 0 nitrogen and oxygen atoms in total. The van der Waals surface area contributed by atoms with Crippen molar-refractivity contribution in [2.75, 3.05) is 0 Å². The Balaban J connectivity index is 1.49. The molecule has 0 saturated heterocycles. The van der Waals surface area contributed by atoms with Crippen LogP contribution in [0.3, 0.4) is 0 Å². The van der Waals surface area contributed by atoms with Crippen LogP contribution < -0.4 is 0 Å². The smallest absolute Gasteiger partial charge is 0.0159 e. The minimum absolute atomic E-state index is 0.0842. The number of benzene rings is 7. The second kappa shape index (κ2) is 9.80. The molecule has 0 unspecified atom stereocenters. The van der Waals surface area contributed by atoms with E-state index in [1.54, 1.807) is 0 Å². The van der Waals surface area contributed by atoms with Crippen LogP contribution in [0.1, 0.15) is 76.3 Å². The molecule has 234 valence electrons. The van der Waals surface area contributed by atoms with Gasteiger partial charge in [0, 0.05) is 10.8 Å². The fourth-order valence-electron chi connectivity index (χ4n) is 8.98. The van der Waals surface area contributed by atoms with E-state index < -0.39 is 0 Å². The quantitative estimate of drug-likeness (QED) is 0.169. The summed E-state index contributed by atoms with van der Waals surface area (Å²) in [5.74, 6) is 0. The first-order valence-corrected chi connectivity index (χ1v) is 17.4. The molecule has 0 aliphatic heterocycles. The van der Waals surface area contributed by atoms with Crippen LogP contribution in [-0.4, -0.2) is 0 Å². The average molecular weight is 619 g/mol. The molecule has 48 heavy (non-hydrogen) atoms. The van der Waals surface area contributed by atoms with E-state index in [2.05, 4.69) is 176 Å². The Bertz CT molecular complexity index is 2320. The number of rotatable bonds is 2. The van der Waals surface area contributed by atoms with E-state index in [0.29, 0.717) is 0 Å². The van der Waals surface area contributed by atoms with Crippen molar-refractivity contribution in [2.45, 2.75) is 64.7 Å². The summed E-state index contributed by atoms with van der Waals surface area (Å²) in [5.41, 5.74) is 17.6. The minimum Gasteiger partial charge on any atom is -0.0622 e. The molecule has 2 aliphatic rings. The van der Waals surface area contributed by atoms with Crippen LogP contribution in [0.15, 0.2) is 127 Å². The molecule has 9 rings (SSSR count). The Kier molecular flexibility index (Phi) is 5.97. The van der Waals surface area contributed by atoms with Crippen molar-refractivity contribution in [3.63, 3.8) is 0 Å². The van der Waals surface area contributed by atoms with Gasteiger partial charge >= 0.3 is 0 Å². The predicted octanol–water partition coefficient (Wildman–Crippen LogP) is 13.2. The lowest BCUT2D eigenvalue weighted by Gasteiger charge is -2.26. The lowest BCUT2D eigenvalue weighted by atomic mass is 9.77. The van der Waals surface area contributed by atoms with Gasteiger partial charge in [0.25, 0.3) is 0 Å². The van der Waals surface area contributed by atoms with E-state index in [1.807, 2.05) is 0 Å². The first-order chi connectivity index (χ1) is 23.0. The SMILES string of the molecule is CC(C)(C)c1ccc(-c2c3cc4c(cc3c(-c3ccccc3)c3cc5c(cc23)-c2ccccc2C5(C)C)C(C)(C)c2ccccc2-4)cc1. The van der Waals surface area contributed by atoms with Gasteiger partial charge in [-0.05, 0) is 124 Å². The highest BCUT2D eigenvalue weighted by Crippen LogP contribution is 2.56. The molecule has 0 amide bonds. The van der Waals surface area contributed by atoms with Crippen LogP contribution in [-0.2, 0) is 16.2 Å². The van der Waals surface area contributed by atoms with E-state index in [-0.39, 0.29) is 16.2 Å². The Morgan fingerprint density at radius 2 is 0.771 bits per heavy atom. The summed E-state index contributed by atoms with van der Waals surface area (Å²) < 4.78 is 0. The zero-order valence-corrected chi connectivity index (χ0v) is 29.1. The van der Waals surface area contributed by atoms with Gasteiger partial charge in [0.1, 0.15) is 0 Å². The molecule has 7 aromatic rings. The summed E-state index contributed by atoms with van der Waals surface area (Å²) in [6.45, 7) is 16.5. The lowest BCUT2D eigenvalue weighted by molar-refractivity contribution is 0.590. The summed E-state index contributed by atoms with van der Waals surface area (Å²) in [6, 6.07) is 48.7. The summed E-state index contributed by atoms with van der Waals surface area (Å²) in [6.07, 6.45) is 0. The van der Waals surface area contributed by atoms with Crippen molar-refractivity contribution in [3.05, 3.63) is 155 Å². The van der Waals surface area contributed by atoms with Crippen molar-refractivity contribution < 1.29 is 0 Å². The Hall–Kier alpha value is -4.94. The molecule has 0 heterocycles. The molecule has 2 aliphatic carbocycles. The molecule has 7 aromatic carbocycles. The highest BCUT2D eigenvalue weighted by Gasteiger charge is 2.38. The molecule has 0 saturated carbocycles. The summed E-state index contributed by atoms with van der Waals surface area (Å²) in [4.78, 5) is 0. The maximum absolute atomic E-state index is 2.55. The molecule has 0 N–H and O–H groups in total. The standard InChI is InChI=1S/C48H42/c1-46(2,3)31-23-21-30(22-24-31)45-36-25-34-32-17-11-13-19-40(32)47(4,5)42(34)27-38(36)44(29-15-9-8-10-16-29)39-28-43-35(26-37(39)45)33-18-12-14-20-41(33)48(43,6)7/h8-28H,1-7H3. The van der Waals surface area contributed by atoms with E-state index in [0.717, 1.165) is 0 Å². The Morgan fingerprint density at radius 1 is 0.375 bits per heavy atom. The fourth-order valence-corrected chi connectivity index (χ4v) is 8.98. The van der Waals surface area contributed by atoms with Gasteiger partial charge < -0.3 is 0 Å². The number of hydrogen-bond acceptors (Lipinski definition) is 0. The highest BCUT2D eigenvalue weighted by molar-refractivity contribution is 6.23. The number of hydrogen-bond donors (Lipinski definition) is 0. The molecule has 0 spiro atoms. The van der Waals surface area contributed by atoms with E-state index in [1.165, 1.54) is 93.9 Å². The van der Waals surface area contributed by atoms with Crippen molar-refractivity contribution >= 4 is 21.5 Å². The molecular formula is C48H42. The second-order valence-electron chi connectivity index (χ2n) is 16.2. The molecule has 0 heteroatoms. The van der Waals surface area contributed by atoms with Crippen molar-refractivity contribution in [1.29, 1.82) is 0 Å². The molecule has 0 fully saturated rings. The maximum atomic E-state index is 2.55. The third-order valence-corrected chi connectivity index (χ3v) is 11.6. The van der Waals surface area contributed by atoms with Crippen molar-refractivity contribution in [2.24, 2.45) is 0 Å². The third-order valence-electron chi connectivity index (χ3n) is 11.6. The topological polar surface area (TPSA) is 0 Å². The van der Waals surface area contributed by atoms with E-state index in [9.17, 15) is 0 Å². The van der Waals surface area contributed by atoms with Crippen LogP contribution in [0.25, 0.3) is 66.1 Å². The number of fused-ring (bicyclic) bond motifs is 8. The molecular weight excluding hydrogens is 577 g/mol. The molecule has 0 bridgehead atoms. The zero-order chi connectivity index (χ0) is 33.2. The van der Waals surface area contributed by atoms with E-state index in [4.69, 9.17) is 0 Å². The van der Waals surface area contributed by atoms with Crippen LogP contribution in [0, 0.1) is 0 Å². The van der Waals surface area contributed by atoms with Gasteiger partial charge in [0.05, 0.1) is 0 Å². The van der Waals surface area contributed by atoms with E-state index >= 15 is 0 Å². The summed E-state index contributed by atoms with van der Waals surface area (Å²) in [7, 11) is 0. The second-order valence-corrected chi connectivity index (χ2v) is 16.2. The van der Waals surface area contributed by atoms with Crippen molar-refractivity contribution in [3.8, 4) is 44.5 Å². The Morgan fingerprint density at radius 3 is 1.23 bits per heavy atom. The van der Waals surface area contributed by atoms with Crippen LogP contribution in [0.4, 0.5) is 0 Å².